The van der Waals surface area contributed by atoms with Gasteiger partial charge < -0.3 is 29.5 Å². The van der Waals surface area contributed by atoms with E-state index in [0.717, 1.165) is 70.3 Å². The van der Waals surface area contributed by atoms with Gasteiger partial charge in [0.05, 0.1) is 19.3 Å². The highest BCUT2D eigenvalue weighted by molar-refractivity contribution is 5.94. The van der Waals surface area contributed by atoms with Crippen molar-refractivity contribution in [2.24, 2.45) is 0 Å². The van der Waals surface area contributed by atoms with Crippen molar-refractivity contribution in [1.29, 1.82) is 0 Å². The third-order valence-electron chi connectivity index (χ3n) is 6.68. The number of amides is 1. The van der Waals surface area contributed by atoms with Crippen molar-refractivity contribution >= 4 is 17.3 Å². The van der Waals surface area contributed by atoms with Crippen LogP contribution in [0.4, 0.5) is 11.4 Å². The molecule has 7 nitrogen and oxygen atoms in total. The number of benzene rings is 2. The summed E-state index contributed by atoms with van der Waals surface area (Å²) in [6, 6.07) is 14.1. The van der Waals surface area contributed by atoms with E-state index in [4.69, 9.17) is 9.47 Å². The molecule has 3 heterocycles. The Hall–Kier alpha value is -2.77. The minimum absolute atomic E-state index is 0.0393. The van der Waals surface area contributed by atoms with Crippen molar-refractivity contribution in [3.63, 3.8) is 0 Å². The van der Waals surface area contributed by atoms with Crippen LogP contribution in [-0.2, 0) is 11.2 Å². The number of hydrogen-bond acceptors (Lipinski definition) is 6. The summed E-state index contributed by atoms with van der Waals surface area (Å²) in [6.07, 6.45) is 0.787. The van der Waals surface area contributed by atoms with Crippen LogP contribution >= 0.6 is 0 Å². The van der Waals surface area contributed by atoms with E-state index in [2.05, 4.69) is 39.2 Å². The molecule has 0 bridgehead atoms. The van der Waals surface area contributed by atoms with Crippen LogP contribution in [0, 0.1) is 0 Å². The Morgan fingerprint density at radius 1 is 0.938 bits per heavy atom. The number of nitrogens with zero attached hydrogens (tertiary/aromatic N) is 3. The van der Waals surface area contributed by atoms with Gasteiger partial charge >= 0.3 is 0 Å². The van der Waals surface area contributed by atoms with Crippen molar-refractivity contribution in [3.8, 4) is 5.75 Å². The lowest BCUT2D eigenvalue weighted by Crippen LogP contribution is -2.46. The Balaban J connectivity index is 1.24. The maximum atomic E-state index is 12.9. The van der Waals surface area contributed by atoms with Gasteiger partial charge in [-0.05, 0) is 43.4 Å². The number of piperazine rings is 1. The van der Waals surface area contributed by atoms with E-state index in [-0.39, 0.29) is 11.9 Å². The molecule has 0 spiro atoms. The summed E-state index contributed by atoms with van der Waals surface area (Å²) in [4.78, 5) is 20.0. The zero-order chi connectivity index (χ0) is 21.9. The number of rotatable bonds is 4. The molecule has 0 aliphatic carbocycles. The first-order valence-corrected chi connectivity index (χ1v) is 11.6. The van der Waals surface area contributed by atoms with E-state index in [1.165, 1.54) is 11.3 Å². The monoisotopic (exact) mass is 436 g/mol. The maximum absolute atomic E-state index is 12.9. The lowest BCUT2D eigenvalue weighted by molar-refractivity contribution is 0.0915. The molecule has 32 heavy (non-hydrogen) atoms. The number of carbonyl (C=O) groups excluding carboxylic acids is 1. The maximum Gasteiger partial charge on any atom is 0.251 e. The highest BCUT2D eigenvalue weighted by atomic mass is 16.5. The Morgan fingerprint density at radius 3 is 2.44 bits per heavy atom. The number of morpholine rings is 1. The summed E-state index contributed by atoms with van der Waals surface area (Å²) in [7, 11) is 2.17. The van der Waals surface area contributed by atoms with Crippen LogP contribution in [0.25, 0.3) is 0 Å². The molecule has 1 N–H and O–H groups in total. The van der Waals surface area contributed by atoms with Crippen LogP contribution in [0.15, 0.2) is 42.5 Å². The number of ether oxygens (including phenoxy) is 2. The summed E-state index contributed by atoms with van der Waals surface area (Å²) in [5, 5.41) is 3.19. The first-order valence-electron chi connectivity index (χ1n) is 11.6. The molecule has 2 saturated heterocycles. The summed E-state index contributed by atoms with van der Waals surface area (Å²) in [5.74, 6) is 0.898. The highest BCUT2D eigenvalue weighted by Gasteiger charge is 2.27. The average Bonchev–Trinajstić information content (AvgIpc) is 2.85. The van der Waals surface area contributed by atoms with E-state index >= 15 is 0 Å². The molecule has 0 saturated carbocycles. The second kappa shape index (κ2) is 9.38. The molecule has 2 aromatic carbocycles. The summed E-state index contributed by atoms with van der Waals surface area (Å²) in [5.41, 5.74) is 4.26. The standard InChI is InChI=1S/C25H32N4O3/c1-27-9-11-29(12-10-27)23-3-2-4-24-22(23)17-20(18-32-24)26-25(30)19-5-7-21(8-6-19)28-13-15-31-16-14-28/h2-8,20H,9-18H2,1H3,(H,26,30)/t20-/m1/s1. The minimum Gasteiger partial charge on any atom is -0.491 e. The summed E-state index contributed by atoms with van der Waals surface area (Å²) >= 11 is 0. The second-order valence-corrected chi connectivity index (χ2v) is 8.88. The first-order chi connectivity index (χ1) is 15.7. The SMILES string of the molecule is CN1CCN(c2cccc3c2C[C@@H](NC(=O)c2ccc(N4CCOCC4)cc2)CO3)CC1. The average molecular weight is 437 g/mol. The van der Waals surface area contributed by atoms with Crippen molar-refractivity contribution in [3.05, 3.63) is 53.6 Å². The number of carbonyl (C=O) groups is 1. The fourth-order valence-corrected chi connectivity index (χ4v) is 4.74. The third-order valence-corrected chi connectivity index (χ3v) is 6.68. The molecule has 2 aromatic rings. The molecule has 5 rings (SSSR count). The van der Waals surface area contributed by atoms with Crippen molar-refractivity contribution in [2.75, 3.05) is 75.9 Å². The highest BCUT2D eigenvalue weighted by Crippen LogP contribution is 2.34. The molecule has 0 radical (unpaired) electrons. The predicted molar refractivity (Wildman–Crippen MR) is 126 cm³/mol. The van der Waals surface area contributed by atoms with E-state index in [9.17, 15) is 4.79 Å². The first kappa shape index (κ1) is 21.1. The van der Waals surface area contributed by atoms with Crippen LogP contribution in [-0.4, -0.2) is 83.0 Å². The summed E-state index contributed by atoms with van der Waals surface area (Å²) in [6.45, 7) is 7.93. The third kappa shape index (κ3) is 4.54. The fourth-order valence-electron chi connectivity index (χ4n) is 4.74. The molecule has 0 aromatic heterocycles. The van der Waals surface area contributed by atoms with Gasteiger partial charge in [0.15, 0.2) is 0 Å². The number of hydrogen-bond donors (Lipinski definition) is 1. The van der Waals surface area contributed by atoms with Crippen LogP contribution in [0.5, 0.6) is 5.75 Å². The zero-order valence-electron chi connectivity index (χ0n) is 18.8. The van der Waals surface area contributed by atoms with Gasteiger partial charge in [-0.2, -0.15) is 0 Å². The van der Waals surface area contributed by atoms with Crippen LogP contribution in [0.1, 0.15) is 15.9 Å². The Kier molecular flexibility index (Phi) is 6.19. The number of nitrogens with one attached hydrogen (secondary N) is 1. The molecule has 7 heteroatoms. The number of fused-ring (bicyclic) bond motifs is 1. The molecular weight excluding hydrogens is 404 g/mol. The molecule has 2 fully saturated rings. The lowest BCUT2D eigenvalue weighted by atomic mass is 9.99. The predicted octanol–water partition coefficient (Wildman–Crippen LogP) is 2.01. The van der Waals surface area contributed by atoms with Gasteiger partial charge in [-0.25, -0.2) is 0 Å². The van der Waals surface area contributed by atoms with E-state index < -0.39 is 0 Å². The van der Waals surface area contributed by atoms with Gasteiger partial charge in [0.2, 0.25) is 0 Å². The Labute approximate surface area is 189 Å². The normalized spacial score (nSPS) is 21.6. The number of likely N-dealkylation sites (N-methyl/N-ethyl adjacent to an activating group) is 1. The van der Waals surface area contributed by atoms with E-state index in [0.29, 0.717) is 12.2 Å². The van der Waals surface area contributed by atoms with Gasteiger partial charge in [-0.1, -0.05) is 6.07 Å². The minimum atomic E-state index is -0.0485. The molecular formula is C25H32N4O3. The zero-order valence-corrected chi connectivity index (χ0v) is 18.8. The van der Waals surface area contributed by atoms with E-state index in [1.807, 2.05) is 30.3 Å². The Bertz CT molecular complexity index is 935. The van der Waals surface area contributed by atoms with Gasteiger partial charge in [-0.3, -0.25) is 4.79 Å². The van der Waals surface area contributed by atoms with Gasteiger partial charge in [0, 0.05) is 68.2 Å². The lowest BCUT2D eigenvalue weighted by Gasteiger charge is -2.37. The molecule has 170 valence electrons. The van der Waals surface area contributed by atoms with Crippen molar-refractivity contribution < 1.29 is 14.3 Å². The van der Waals surface area contributed by atoms with Crippen molar-refractivity contribution in [2.45, 2.75) is 12.5 Å². The molecule has 0 unspecified atom stereocenters. The fraction of sp³-hybridized carbons (Fsp3) is 0.480. The van der Waals surface area contributed by atoms with Gasteiger partial charge in [-0.15, -0.1) is 0 Å². The molecule has 3 aliphatic rings. The van der Waals surface area contributed by atoms with E-state index in [1.54, 1.807) is 0 Å². The molecule has 3 aliphatic heterocycles. The van der Waals surface area contributed by atoms with Gasteiger partial charge in [0.1, 0.15) is 12.4 Å². The topological polar surface area (TPSA) is 57.3 Å². The van der Waals surface area contributed by atoms with Crippen molar-refractivity contribution in [1.82, 2.24) is 10.2 Å². The molecule has 1 atom stereocenters. The van der Waals surface area contributed by atoms with Crippen LogP contribution in [0.2, 0.25) is 0 Å². The molecule has 1 amide bonds. The summed E-state index contributed by atoms with van der Waals surface area (Å²) < 4.78 is 11.5. The largest absolute Gasteiger partial charge is 0.491 e. The second-order valence-electron chi connectivity index (χ2n) is 8.88. The van der Waals surface area contributed by atoms with Crippen LogP contribution in [0.3, 0.4) is 0 Å². The Morgan fingerprint density at radius 2 is 1.69 bits per heavy atom. The smallest absolute Gasteiger partial charge is 0.251 e. The van der Waals surface area contributed by atoms with Crippen LogP contribution < -0.4 is 19.9 Å². The van der Waals surface area contributed by atoms with Gasteiger partial charge in [0.25, 0.3) is 5.91 Å². The quantitative estimate of drug-likeness (QED) is 0.792. The number of anilines is 2.